The fraction of sp³-hybridized carbons (Fsp3) is 0.812. The molecule has 1 unspecified atom stereocenters. The summed E-state index contributed by atoms with van der Waals surface area (Å²) in [6.07, 6.45) is 3.99. The van der Waals surface area contributed by atoms with E-state index in [4.69, 9.17) is 0 Å². The summed E-state index contributed by atoms with van der Waals surface area (Å²) in [5.74, 6) is 1.06. The first-order chi connectivity index (χ1) is 10.4. The van der Waals surface area contributed by atoms with Crippen molar-refractivity contribution in [2.75, 3.05) is 25.4 Å². The fourth-order valence-corrected chi connectivity index (χ4v) is 5.67. The lowest BCUT2D eigenvalue weighted by molar-refractivity contribution is 0.170. The fourth-order valence-electron chi connectivity index (χ4n) is 3.81. The molecular weight excluding hydrogens is 298 g/mol. The van der Waals surface area contributed by atoms with E-state index in [1.54, 1.807) is 0 Å². The van der Waals surface area contributed by atoms with Crippen LogP contribution in [0.25, 0.3) is 0 Å². The Morgan fingerprint density at radius 1 is 1.18 bits per heavy atom. The lowest BCUT2D eigenvalue weighted by Gasteiger charge is -2.33. The van der Waals surface area contributed by atoms with E-state index in [2.05, 4.69) is 27.7 Å². The Morgan fingerprint density at radius 2 is 1.91 bits per heavy atom. The maximum atomic E-state index is 11.9. The van der Waals surface area contributed by atoms with Crippen molar-refractivity contribution in [3.05, 3.63) is 17.5 Å². The van der Waals surface area contributed by atoms with E-state index >= 15 is 0 Å². The van der Waals surface area contributed by atoms with Gasteiger partial charge in [0.15, 0.2) is 9.84 Å². The molecule has 6 heteroatoms. The Balaban J connectivity index is 1.49. The molecular formula is C16H27N3O2S. The first-order valence-electron chi connectivity index (χ1n) is 8.39. The molecule has 1 aromatic heterocycles. The summed E-state index contributed by atoms with van der Waals surface area (Å²) in [5, 5.41) is 4.44. The molecule has 0 aromatic carbocycles. The standard InChI is InChI=1S/C16H27N3O2S/c1-13-10-14(2)19(17-13)11-15-5-7-18(8-6-15)12-16-4-3-9-22(16,20)21/h10,15-16H,3-9,11-12H2,1-2H3. The number of rotatable bonds is 4. The number of piperidine rings is 1. The molecule has 0 bridgehead atoms. The largest absolute Gasteiger partial charge is 0.302 e. The number of hydrogen-bond donors (Lipinski definition) is 0. The zero-order chi connectivity index (χ0) is 15.7. The number of aromatic nitrogens is 2. The molecule has 2 aliphatic rings. The lowest BCUT2D eigenvalue weighted by Crippen LogP contribution is -2.41. The van der Waals surface area contributed by atoms with Crippen LogP contribution in [0.1, 0.15) is 37.1 Å². The van der Waals surface area contributed by atoms with Gasteiger partial charge in [-0.05, 0) is 64.6 Å². The molecule has 1 aromatic rings. The van der Waals surface area contributed by atoms with E-state index in [0.29, 0.717) is 11.7 Å². The number of likely N-dealkylation sites (tertiary alicyclic amines) is 1. The van der Waals surface area contributed by atoms with E-state index in [1.165, 1.54) is 5.69 Å². The summed E-state index contributed by atoms with van der Waals surface area (Å²) in [4.78, 5) is 2.35. The van der Waals surface area contributed by atoms with Crippen molar-refractivity contribution in [3.8, 4) is 0 Å². The first-order valence-corrected chi connectivity index (χ1v) is 10.1. The monoisotopic (exact) mass is 325 g/mol. The van der Waals surface area contributed by atoms with Crippen molar-refractivity contribution in [1.82, 2.24) is 14.7 Å². The van der Waals surface area contributed by atoms with Crippen LogP contribution in [0.2, 0.25) is 0 Å². The van der Waals surface area contributed by atoms with Gasteiger partial charge in [0, 0.05) is 18.8 Å². The summed E-state index contributed by atoms with van der Waals surface area (Å²) in [6.45, 7) is 7.93. The molecule has 3 heterocycles. The third-order valence-electron chi connectivity index (χ3n) is 5.17. The van der Waals surface area contributed by atoms with Crippen LogP contribution in [0.3, 0.4) is 0 Å². The molecule has 124 valence electrons. The molecule has 0 radical (unpaired) electrons. The zero-order valence-corrected chi connectivity index (χ0v) is 14.5. The highest BCUT2D eigenvalue weighted by molar-refractivity contribution is 7.92. The van der Waals surface area contributed by atoms with Gasteiger partial charge in [0.25, 0.3) is 0 Å². The second-order valence-electron chi connectivity index (χ2n) is 6.98. The number of nitrogens with zero attached hydrogens (tertiary/aromatic N) is 3. The van der Waals surface area contributed by atoms with Gasteiger partial charge in [-0.25, -0.2) is 8.42 Å². The predicted octanol–water partition coefficient (Wildman–Crippen LogP) is 1.79. The smallest absolute Gasteiger partial charge is 0.154 e. The van der Waals surface area contributed by atoms with Crippen LogP contribution < -0.4 is 0 Å². The highest BCUT2D eigenvalue weighted by Gasteiger charge is 2.33. The average Bonchev–Trinajstić information content (AvgIpc) is 2.94. The van der Waals surface area contributed by atoms with Crippen molar-refractivity contribution >= 4 is 9.84 Å². The summed E-state index contributed by atoms with van der Waals surface area (Å²) >= 11 is 0. The van der Waals surface area contributed by atoms with Gasteiger partial charge in [-0.15, -0.1) is 0 Å². The molecule has 0 amide bonds. The van der Waals surface area contributed by atoms with Crippen LogP contribution in [-0.2, 0) is 16.4 Å². The Hall–Kier alpha value is -0.880. The molecule has 22 heavy (non-hydrogen) atoms. The van der Waals surface area contributed by atoms with Crippen LogP contribution >= 0.6 is 0 Å². The summed E-state index contributed by atoms with van der Waals surface area (Å²) in [6, 6.07) is 2.13. The van der Waals surface area contributed by atoms with Gasteiger partial charge in [0.1, 0.15) is 0 Å². The normalized spacial score (nSPS) is 26.5. The molecule has 0 aliphatic carbocycles. The molecule has 1 atom stereocenters. The van der Waals surface area contributed by atoms with Crippen molar-refractivity contribution in [2.45, 2.75) is 51.3 Å². The zero-order valence-electron chi connectivity index (χ0n) is 13.7. The third-order valence-corrected chi connectivity index (χ3v) is 7.42. The average molecular weight is 325 g/mol. The van der Waals surface area contributed by atoms with Crippen molar-refractivity contribution < 1.29 is 8.42 Å². The predicted molar refractivity (Wildman–Crippen MR) is 87.7 cm³/mol. The Kier molecular flexibility index (Phi) is 4.59. The van der Waals surface area contributed by atoms with Gasteiger partial charge in [-0.2, -0.15) is 5.10 Å². The van der Waals surface area contributed by atoms with E-state index in [-0.39, 0.29) is 5.25 Å². The summed E-state index contributed by atoms with van der Waals surface area (Å²) in [5.41, 5.74) is 2.32. The SMILES string of the molecule is Cc1cc(C)n(CC2CCN(CC3CCCS3(=O)=O)CC2)n1. The first kappa shape index (κ1) is 16.0. The highest BCUT2D eigenvalue weighted by atomic mass is 32.2. The van der Waals surface area contributed by atoms with Gasteiger partial charge in [0.2, 0.25) is 0 Å². The molecule has 0 N–H and O–H groups in total. The van der Waals surface area contributed by atoms with Gasteiger partial charge in [-0.1, -0.05) is 0 Å². The van der Waals surface area contributed by atoms with Crippen LogP contribution in [0.5, 0.6) is 0 Å². The number of hydrogen-bond acceptors (Lipinski definition) is 4. The Bertz CT molecular complexity index is 615. The summed E-state index contributed by atoms with van der Waals surface area (Å²) in [7, 11) is -2.81. The lowest BCUT2D eigenvalue weighted by atomic mass is 9.96. The van der Waals surface area contributed by atoms with E-state index in [0.717, 1.165) is 57.6 Å². The molecule has 2 fully saturated rings. The molecule has 5 nitrogen and oxygen atoms in total. The second kappa shape index (κ2) is 6.32. The minimum absolute atomic E-state index is 0.111. The Labute approximate surface area is 133 Å². The maximum Gasteiger partial charge on any atom is 0.154 e. The molecule has 0 saturated carbocycles. The Morgan fingerprint density at radius 3 is 2.45 bits per heavy atom. The van der Waals surface area contributed by atoms with Gasteiger partial charge >= 0.3 is 0 Å². The number of sulfone groups is 1. The van der Waals surface area contributed by atoms with E-state index in [1.807, 2.05) is 6.92 Å². The number of aryl methyl sites for hydroxylation is 2. The molecule has 3 rings (SSSR count). The van der Waals surface area contributed by atoms with Crippen LogP contribution in [0, 0.1) is 19.8 Å². The van der Waals surface area contributed by atoms with Crippen LogP contribution in [0.15, 0.2) is 6.07 Å². The second-order valence-corrected chi connectivity index (χ2v) is 9.39. The van der Waals surface area contributed by atoms with Crippen molar-refractivity contribution in [1.29, 1.82) is 0 Å². The minimum atomic E-state index is -2.81. The third kappa shape index (κ3) is 3.54. The molecule has 2 aliphatic heterocycles. The maximum absolute atomic E-state index is 11.9. The van der Waals surface area contributed by atoms with Crippen LogP contribution in [0.4, 0.5) is 0 Å². The topological polar surface area (TPSA) is 55.2 Å². The molecule has 2 saturated heterocycles. The van der Waals surface area contributed by atoms with Crippen LogP contribution in [-0.4, -0.2) is 53.7 Å². The van der Waals surface area contributed by atoms with Gasteiger partial charge in [0.05, 0.1) is 16.7 Å². The minimum Gasteiger partial charge on any atom is -0.302 e. The van der Waals surface area contributed by atoms with Crippen molar-refractivity contribution in [2.24, 2.45) is 5.92 Å². The summed E-state index contributed by atoms with van der Waals surface area (Å²) < 4.78 is 26.0. The van der Waals surface area contributed by atoms with Crippen molar-refractivity contribution in [3.63, 3.8) is 0 Å². The van der Waals surface area contributed by atoms with Gasteiger partial charge in [-0.3, -0.25) is 4.68 Å². The van der Waals surface area contributed by atoms with Gasteiger partial charge < -0.3 is 4.90 Å². The molecule has 0 spiro atoms. The van der Waals surface area contributed by atoms with E-state index in [9.17, 15) is 8.42 Å². The quantitative estimate of drug-likeness (QED) is 0.847. The highest BCUT2D eigenvalue weighted by Crippen LogP contribution is 2.24. The van der Waals surface area contributed by atoms with E-state index < -0.39 is 9.84 Å².